The zero-order chi connectivity index (χ0) is 44.0. The Balaban J connectivity index is 4.19. The Morgan fingerprint density at radius 2 is 0.850 bits per heavy atom. The molecule has 0 saturated heterocycles. The summed E-state index contributed by atoms with van der Waals surface area (Å²) in [6.45, 7) is 2.38. The van der Waals surface area contributed by atoms with Crippen LogP contribution in [0.15, 0.2) is 24.3 Å². The van der Waals surface area contributed by atoms with Gasteiger partial charge in [-0.05, 0) is 44.9 Å². The van der Waals surface area contributed by atoms with Crippen molar-refractivity contribution < 1.29 is 47.8 Å². The van der Waals surface area contributed by atoms with E-state index in [0.717, 1.165) is 44.9 Å². The summed E-state index contributed by atoms with van der Waals surface area (Å²) in [7, 11) is -4.62. The number of hydrogen-bond acceptors (Lipinski definition) is 9. The molecule has 10 nitrogen and oxygen atoms in total. The molecule has 0 rings (SSSR count). The molecule has 0 radical (unpaired) electrons. The molecule has 0 aliphatic carbocycles. The third-order valence-electron chi connectivity index (χ3n) is 10.8. The van der Waals surface area contributed by atoms with Crippen LogP contribution in [0.5, 0.6) is 0 Å². The number of aliphatic hydroxyl groups is 2. The largest absolute Gasteiger partial charge is 0.472 e. The van der Waals surface area contributed by atoms with Gasteiger partial charge in [0.25, 0.3) is 0 Å². The van der Waals surface area contributed by atoms with Crippen molar-refractivity contribution in [3.63, 3.8) is 0 Å². The first kappa shape index (κ1) is 58.5. The molecule has 0 amide bonds. The molecule has 0 saturated carbocycles. The molecule has 0 spiro atoms. The minimum atomic E-state index is -4.62. The third-order valence-corrected chi connectivity index (χ3v) is 11.8. The fourth-order valence-corrected chi connectivity index (χ4v) is 7.80. The number of ether oxygens (including phenoxy) is 2. The number of unbranched alkanes of at least 4 members (excludes halogenated alkanes) is 29. The van der Waals surface area contributed by atoms with E-state index in [4.69, 9.17) is 23.6 Å². The second kappa shape index (κ2) is 45.5. The second-order valence-electron chi connectivity index (χ2n) is 16.8. The summed E-state index contributed by atoms with van der Waals surface area (Å²) in [5.41, 5.74) is 0. The van der Waals surface area contributed by atoms with Gasteiger partial charge in [0.1, 0.15) is 12.7 Å². The van der Waals surface area contributed by atoms with Gasteiger partial charge in [0.05, 0.1) is 19.8 Å². The molecular weight excluding hydrogens is 780 g/mol. The normalized spacial score (nSPS) is 13.9. The van der Waals surface area contributed by atoms with Crippen molar-refractivity contribution in [2.75, 3.05) is 26.4 Å². The quantitative estimate of drug-likeness (QED) is 0.0233. The minimum absolute atomic E-state index is 0.181. The number of phosphoric acid groups is 1. The van der Waals surface area contributed by atoms with Crippen molar-refractivity contribution in [1.82, 2.24) is 0 Å². The van der Waals surface area contributed by atoms with Crippen LogP contribution in [0.1, 0.15) is 239 Å². The van der Waals surface area contributed by atoms with Crippen LogP contribution in [0.4, 0.5) is 0 Å². The maximum atomic E-state index is 12.6. The number of allylic oxidation sites excluding steroid dienone is 4. The van der Waals surface area contributed by atoms with Gasteiger partial charge < -0.3 is 24.6 Å². The van der Waals surface area contributed by atoms with Crippen LogP contribution in [-0.2, 0) is 32.7 Å². The van der Waals surface area contributed by atoms with Gasteiger partial charge in [-0.25, -0.2) is 4.57 Å². The van der Waals surface area contributed by atoms with Crippen molar-refractivity contribution in [3.05, 3.63) is 24.3 Å². The highest BCUT2D eigenvalue weighted by Gasteiger charge is 2.27. The highest BCUT2D eigenvalue weighted by Crippen LogP contribution is 2.43. The molecule has 0 aliphatic rings. The van der Waals surface area contributed by atoms with Gasteiger partial charge >= 0.3 is 19.8 Å². The van der Waals surface area contributed by atoms with E-state index in [9.17, 15) is 24.2 Å². The molecule has 3 N–H and O–H groups in total. The van der Waals surface area contributed by atoms with E-state index in [-0.39, 0.29) is 19.4 Å². The molecule has 1 unspecified atom stereocenters. The Hall–Kier alpha value is -1.55. The maximum Gasteiger partial charge on any atom is 0.472 e. The predicted molar refractivity (Wildman–Crippen MR) is 247 cm³/mol. The monoisotopic (exact) mass is 873 g/mol. The van der Waals surface area contributed by atoms with Crippen molar-refractivity contribution in [2.45, 2.75) is 251 Å². The van der Waals surface area contributed by atoms with Gasteiger partial charge in [0.2, 0.25) is 0 Å². The highest BCUT2D eigenvalue weighted by molar-refractivity contribution is 7.47. The Labute approximate surface area is 368 Å². The van der Waals surface area contributed by atoms with E-state index in [1.165, 1.54) is 154 Å². The number of esters is 2. The van der Waals surface area contributed by atoms with E-state index < -0.39 is 51.8 Å². The van der Waals surface area contributed by atoms with Gasteiger partial charge in [-0.3, -0.25) is 18.6 Å². The molecule has 11 heteroatoms. The Morgan fingerprint density at radius 1 is 0.483 bits per heavy atom. The van der Waals surface area contributed by atoms with Crippen LogP contribution in [0.25, 0.3) is 0 Å². The molecule has 0 aromatic rings. The molecule has 60 heavy (non-hydrogen) atoms. The van der Waals surface area contributed by atoms with Gasteiger partial charge in [-0.2, -0.15) is 0 Å². The van der Waals surface area contributed by atoms with E-state index in [0.29, 0.717) is 12.8 Å². The van der Waals surface area contributed by atoms with Crippen LogP contribution in [-0.4, -0.2) is 65.7 Å². The van der Waals surface area contributed by atoms with Crippen LogP contribution in [0.3, 0.4) is 0 Å². The number of hydrogen-bond donors (Lipinski definition) is 3. The van der Waals surface area contributed by atoms with E-state index in [1.54, 1.807) is 0 Å². The summed E-state index contributed by atoms with van der Waals surface area (Å²) in [4.78, 5) is 35.1. The number of carbonyl (C=O) groups is 2. The lowest BCUT2D eigenvalue weighted by Gasteiger charge is -2.20. The van der Waals surface area contributed by atoms with Crippen LogP contribution < -0.4 is 0 Å². The zero-order valence-corrected chi connectivity index (χ0v) is 39.6. The van der Waals surface area contributed by atoms with Crippen molar-refractivity contribution >= 4 is 19.8 Å². The summed E-state index contributed by atoms with van der Waals surface area (Å²) in [5, 5.41) is 18.4. The summed E-state index contributed by atoms with van der Waals surface area (Å²) in [6, 6.07) is 0. The Kier molecular flexibility index (Phi) is 44.3. The molecule has 0 aromatic carbocycles. The van der Waals surface area contributed by atoms with Crippen molar-refractivity contribution in [1.29, 1.82) is 0 Å². The lowest BCUT2D eigenvalue weighted by atomic mass is 10.0. The summed E-state index contributed by atoms with van der Waals surface area (Å²) >= 11 is 0. The smallest absolute Gasteiger partial charge is 0.462 e. The van der Waals surface area contributed by atoms with E-state index >= 15 is 0 Å². The van der Waals surface area contributed by atoms with Crippen LogP contribution in [0.2, 0.25) is 0 Å². The number of aliphatic hydroxyl groups excluding tert-OH is 2. The SMILES string of the molecule is CCCCCCCCCCCCCCCC/C=C/CC/C=C/CCCC(=O)OC[C@@H](COP(=O)(O)OC[C@H](O)CO)OC(=O)CCCCCCCCCCCCCCCC. The van der Waals surface area contributed by atoms with Crippen molar-refractivity contribution in [3.8, 4) is 0 Å². The Morgan fingerprint density at radius 3 is 1.30 bits per heavy atom. The summed E-state index contributed by atoms with van der Waals surface area (Å²) in [6.07, 6.45) is 47.3. The zero-order valence-electron chi connectivity index (χ0n) is 38.7. The average molecular weight is 873 g/mol. The number of phosphoric ester groups is 1. The standard InChI is InChI=1S/C49H93O10P/c1-3-5-7-9-11-13-15-17-19-20-21-22-23-24-25-26-27-29-30-32-34-36-38-40-48(52)56-44-47(45-58-60(54,55)57-43-46(51)42-50)59-49(53)41-39-37-35-33-31-28-18-16-14-12-10-8-6-4-2/h26-27,32,34,46-47,50-51H,3-25,28-31,33,35-45H2,1-2H3,(H,54,55)/b27-26+,34-32+/t46-,47+/m1/s1. The first-order valence-corrected chi connectivity index (χ1v) is 26.3. The number of rotatable bonds is 47. The van der Waals surface area contributed by atoms with Crippen molar-refractivity contribution in [2.24, 2.45) is 0 Å². The Bertz CT molecular complexity index is 1050. The predicted octanol–water partition coefficient (Wildman–Crippen LogP) is 13.7. The van der Waals surface area contributed by atoms with Gasteiger partial charge in [-0.1, -0.05) is 205 Å². The molecule has 0 aromatic heterocycles. The first-order valence-electron chi connectivity index (χ1n) is 24.8. The molecule has 0 fully saturated rings. The molecule has 0 heterocycles. The van der Waals surface area contributed by atoms with Gasteiger partial charge in [-0.15, -0.1) is 0 Å². The molecule has 3 atom stereocenters. The summed E-state index contributed by atoms with van der Waals surface area (Å²) in [5.74, 6) is -0.963. The topological polar surface area (TPSA) is 149 Å². The fourth-order valence-electron chi connectivity index (χ4n) is 7.02. The second-order valence-corrected chi connectivity index (χ2v) is 18.3. The average Bonchev–Trinajstić information content (AvgIpc) is 3.24. The third kappa shape index (κ3) is 44.5. The van der Waals surface area contributed by atoms with Gasteiger partial charge in [0, 0.05) is 12.8 Å². The lowest BCUT2D eigenvalue weighted by Crippen LogP contribution is -2.29. The molecule has 0 aliphatic heterocycles. The first-order chi connectivity index (χ1) is 29.2. The highest BCUT2D eigenvalue weighted by atomic mass is 31.2. The van der Waals surface area contributed by atoms with Crippen LogP contribution in [0, 0.1) is 0 Å². The minimum Gasteiger partial charge on any atom is -0.462 e. The molecule has 0 bridgehead atoms. The van der Waals surface area contributed by atoms with Crippen LogP contribution >= 0.6 is 7.82 Å². The number of carbonyl (C=O) groups excluding carboxylic acids is 2. The van der Waals surface area contributed by atoms with Gasteiger partial charge in [0.15, 0.2) is 6.10 Å². The van der Waals surface area contributed by atoms with E-state index in [1.807, 2.05) is 0 Å². The van der Waals surface area contributed by atoms with E-state index in [2.05, 4.69) is 38.2 Å². The summed E-state index contributed by atoms with van der Waals surface area (Å²) < 4.78 is 32.8. The molecular formula is C49H93O10P. The lowest BCUT2D eigenvalue weighted by molar-refractivity contribution is -0.161. The molecule has 354 valence electrons. The fraction of sp³-hybridized carbons (Fsp3) is 0.878. The maximum absolute atomic E-state index is 12.6.